The number of unbranched alkanes of at least 4 members (excludes halogenated alkanes) is 1. The second-order valence-electron chi connectivity index (χ2n) is 5.78. The highest BCUT2D eigenvalue weighted by atomic mass is 16.2. The number of hydrogen-bond donors (Lipinski definition) is 2. The third-order valence-corrected chi connectivity index (χ3v) is 4.13. The normalized spacial score (nSPS) is 22.7. The number of primary amides is 1. The molecular weight excluding hydrogens is 242 g/mol. The maximum Gasteiger partial charge on any atom is 0.237 e. The summed E-state index contributed by atoms with van der Waals surface area (Å²) in [4.78, 5) is 25.7. The summed E-state index contributed by atoms with van der Waals surface area (Å²) in [5, 5.41) is 3.28. The number of carbonyl (C=O) groups excluding carboxylic acids is 2. The van der Waals surface area contributed by atoms with Crippen molar-refractivity contribution in [2.24, 2.45) is 17.1 Å². The number of nitrogens with two attached hydrogens (primary N) is 1. The van der Waals surface area contributed by atoms with Gasteiger partial charge in [0.1, 0.15) is 0 Å². The molecule has 0 saturated carbocycles. The third kappa shape index (κ3) is 3.69. The fraction of sp³-hybridized carbons (Fsp3) is 0.857. The summed E-state index contributed by atoms with van der Waals surface area (Å²) in [5.41, 5.74) is 4.90. The van der Waals surface area contributed by atoms with Crippen molar-refractivity contribution in [1.29, 1.82) is 0 Å². The summed E-state index contributed by atoms with van der Waals surface area (Å²) in [7, 11) is 0. The zero-order chi connectivity index (χ0) is 14.5. The van der Waals surface area contributed by atoms with Gasteiger partial charge in [0.25, 0.3) is 0 Å². The van der Waals surface area contributed by atoms with E-state index in [1.807, 2.05) is 0 Å². The molecule has 1 aliphatic rings. The summed E-state index contributed by atoms with van der Waals surface area (Å²) in [6.07, 6.45) is 2.74. The smallest absolute Gasteiger partial charge is 0.237 e. The van der Waals surface area contributed by atoms with Gasteiger partial charge in [-0.25, -0.2) is 0 Å². The lowest BCUT2D eigenvalue weighted by Crippen LogP contribution is -2.50. The van der Waals surface area contributed by atoms with Crippen molar-refractivity contribution in [3.8, 4) is 0 Å². The highest BCUT2D eigenvalue weighted by Crippen LogP contribution is 2.36. The first kappa shape index (κ1) is 16.0. The Morgan fingerprint density at radius 1 is 1.42 bits per heavy atom. The van der Waals surface area contributed by atoms with Gasteiger partial charge in [0.05, 0.1) is 12.0 Å². The van der Waals surface area contributed by atoms with Crippen LogP contribution in [0.4, 0.5) is 0 Å². The minimum atomic E-state index is -0.436. The monoisotopic (exact) mass is 269 g/mol. The molecule has 0 aromatic carbocycles. The Kier molecular flexibility index (Phi) is 5.79. The molecule has 2 amide bonds. The largest absolute Gasteiger partial charge is 0.368 e. The minimum Gasteiger partial charge on any atom is -0.368 e. The van der Waals surface area contributed by atoms with E-state index in [2.05, 4.69) is 26.1 Å². The number of hydrogen-bond acceptors (Lipinski definition) is 3. The topological polar surface area (TPSA) is 75.4 Å². The van der Waals surface area contributed by atoms with Gasteiger partial charge < -0.3 is 16.0 Å². The van der Waals surface area contributed by atoms with Crippen molar-refractivity contribution in [3.63, 3.8) is 0 Å². The zero-order valence-corrected chi connectivity index (χ0v) is 12.4. The van der Waals surface area contributed by atoms with Crippen LogP contribution in [0.2, 0.25) is 0 Å². The molecule has 110 valence electrons. The first-order chi connectivity index (χ1) is 8.94. The first-order valence-corrected chi connectivity index (χ1v) is 7.22. The second-order valence-corrected chi connectivity index (χ2v) is 5.78. The third-order valence-electron chi connectivity index (χ3n) is 4.13. The Morgan fingerprint density at radius 2 is 2.11 bits per heavy atom. The van der Waals surface area contributed by atoms with E-state index >= 15 is 0 Å². The molecule has 1 atom stereocenters. The van der Waals surface area contributed by atoms with Crippen molar-refractivity contribution in [3.05, 3.63) is 0 Å². The maximum absolute atomic E-state index is 12.8. The maximum atomic E-state index is 12.8. The van der Waals surface area contributed by atoms with Crippen LogP contribution in [-0.4, -0.2) is 42.9 Å². The molecule has 1 heterocycles. The molecule has 3 N–H and O–H groups in total. The number of carbonyl (C=O) groups is 2. The fourth-order valence-corrected chi connectivity index (χ4v) is 2.74. The van der Waals surface area contributed by atoms with E-state index in [1.165, 1.54) is 0 Å². The van der Waals surface area contributed by atoms with Crippen molar-refractivity contribution in [2.45, 2.75) is 40.0 Å². The Hall–Kier alpha value is -1.10. The van der Waals surface area contributed by atoms with E-state index in [0.717, 1.165) is 25.8 Å². The van der Waals surface area contributed by atoms with Crippen LogP contribution in [-0.2, 0) is 9.59 Å². The van der Waals surface area contributed by atoms with E-state index in [-0.39, 0.29) is 23.8 Å². The van der Waals surface area contributed by atoms with Crippen LogP contribution >= 0.6 is 0 Å². The SMILES string of the molecule is CCCCN(CC(N)=O)C(=O)C1(C(C)C)CCNC1. The van der Waals surface area contributed by atoms with Gasteiger partial charge in [0, 0.05) is 13.1 Å². The van der Waals surface area contributed by atoms with Crippen LogP contribution in [0.3, 0.4) is 0 Å². The van der Waals surface area contributed by atoms with E-state index < -0.39 is 5.91 Å². The van der Waals surface area contributed by atoms with Crippen LogP contribution in [0.15, 0.2) is 0 Å². The molecule has 1 aliphatic heterocycles. The lowest BCUT2D eigenvalue weighted by Gasteiger charge is -2.36. The van der Waals surface area contributed by atoms with Crippen molar-refractivity contribution < 1.29 is 9.59 Å². The molecule has 5 heteroatoms. The summed E-state index contributed by atoms with van der Waals surface area (Å²) in [6.45, 7) is 8.44. The molecule has 5 nitrogen and oxygen atoms in total. The molecule has 0 aliphatic carbocycles. The summed E-state index contributed by atoms with van der Waals surface area (Å²) in [6, 6.07) is 0. The van der Waals surface area contributed by atoms with Crippen LogP contribution in [0.1, 0.15) is 40.0 Å². The van der Waals surface area contributed by atoms with Gasteiger partial charge in [-0.1, -0.05) is 27.2 Å². The average molecular weight is 269 g/mol. The molecule has 1 rings (SSSR count). The van der Waals surface area contributed by atoms with E-state index in [9.17, 15) is 9.59 Å². The number of rotatable bonds is 7. The number of nitrogens with one attached hydrogen (secondary N) is 1. The highest BCUT2D eigenvalue weighted by molar-refractivity contribution is 5.88. The van der Waals surface area contributed by atoms with E-state index in [4.69, 9.17) is 5.73 Å². The lowest BCUT2D eigenvalue weighted by molar-refractivity contribution is -0.146. The average Bonchev–Trinajstić information content (AvgIpc) is 2.83. The minimum absolute atomic E-state index is 0.0350. The van der Waals surface area contributed by atoms with Crippen molar-refractivity contribution in [2.75, 3.05) is 26.2 Å². The van der Waals surface area contributed by atoms with Crippen LogP contribution < -0.4 is 11.1 Å². The summed E-state index contributed by atoms with van der Waals surface area (Å²) in [5.74, 6) is -0.0962. The standard InChI is InChI=1S/C14H27N3O2/c1-4-5-8-17(9-12(15)18)13(19)14(11(2)3)6-7-16-10-14/h11,16H,4-10H2,1-3H3,(H2,15,18). The van der Waals surface area contributed by atoms with Crippen LogP contribution in [0, 0.1) is 11.3 Å². The molecule has 0 spiro atoms. The molecule has 0 aromatic heterocycles. The zero-order valence-electron chi connectivity index (χ0n) is 12.4. The van der Waals surface area contributed by atoms with E-state index in [1.54, 1.807) is 4.90 Å². The highest BCUT2D eigenvalue weighted by Gasteiger charge is 2.46. The Balaban J connectivity index is 2.86. The molecule has 1 fully saturated rings. The molecule has 0 bridgehead atoms. The molecule has 1 unspecified atom stereocenters. The van der Waals surface area contributed by atoms with Gasteiger partial charge in [0.15, 0.2) is 0 Å². The molecule has 0 aromatic rings. The van der Waals surface area contributed by atoms with Crippen molar-refractivity contribution >= 4 is 11.8 Å². The summed E-state index contributed by atoms with van der Waals surface area (Å²) < 4.78 is 0. The molecular formula is C14H27N3O2. The Bertz CT molecular complexity index is 323. The fourth-order valence-electron chi connectivity index (χ4n) is 2.74. The lowest BCUT2D eigenvalue weighted by atomic mass is 9.75. The number of nitrogens with zero attached hydrogens (tertiary/aromatic N) is 1. The van der Waals surface area contributed by atoms with Gasteiger partial charge in [-0.3, -0.25) is 9.59 Å². The quantitative estimate of drug-likeness (QED) is 0.715. The predicted octanol–water partition coefficient (Wildman–Crippen LogP) is 0.736. The molecule has 1 saturated heterocycles. The number of amides is 2. The van der Waals surface area contributed by atoms with Gasteiger partial charge in [0.2, 0.25) is 11.8 Å². The molecule has 19 heavy (non-hydrogen) atoms. The van der Waals surface area contributed by atoms with Crippen LogP contribution in [0.25, 0.3) is 0 Å². The van der Waals surface area contributed by atoms with Gasteiger partial charge in [-0.05, 0) is 25.3 Å². The van der Waals surface area contributed by atoms with E-state index in [0.29, 0.717) is 13.1 Å². The second kappa shape index (κ2) is 6.89. The Labute approximate surface area is 115 Å². The van der Waals surface area contributed by atoms with Crippen molar-refractivity contribution in [1.82, 2.24) is 10.2 Å². The van der Waals surface area contributed by atoms with Crippen LogP contribution in [0.5, 0.6) is 0 Å². The van der Waals surface area contributed by atoms with Gasteiger partial charge >= 0.3 is 0 Å². The predicted molar refractivity (Wildman–Crippen MR) is 75.4 cm³/mol. The summed E-state index contributed by atoms with van der Waals surface area (Å²) >= 11 is 0. The van der Waals surface area contributed by atoms with Gasteiger partial charge in [-0.2, -0.15) is 0 Å². The first-order valence-electron chi connectivity index (χ1n) is 7.22. The molecule has 0 radical (unpaired) electrons. The van der Waals surface area contributed by atoms with Gasteiger partial charge in [-0.15, -0.1) is 0 Å². The Morgan fingerprint density at radius 3 is 2.53 bits per heavy atom.